The van der Waals surface area contributed by atoms with Crippen LogP contribution in [0.25, 0.3) is 16.2 Å². The number of ether oxygens (including phenoxy) is 1. The van der Waals surface area contributed by atoms with Crippen LogP contribution in [0.3, 0.4) is 0 Å². The molecule has 0 radical (unpaired) electrons. The summed E-state index contributed by atoms with van der Waals surface area (Å²) in [6.07, 6.45) is 0. The maximum absolute atomic E-state index is 6.13. The molecular formula is C19H23BO3. The van der Waals surface area contributed by atoms with E-state index in [1.807, 2.05) is 52.0 Å². The van der Waals surface area contributed by atoms with Crippen LogP contribution in [0.1, 0.15) is 33.3 Å². The summed E-state index contributed by atoms with van der Waals surface area (Å²) in [5.41, 5.74) is 1.12. The van der Waals surface area contributed by atoms with Crippen molar-refractivity contribution in [1.82, 2.24) is 0 Å². The van der Waals surface area contributed by atoms with Crippen LogP contribution in [0.4, 0.5) is 0 Å². The van der Waals surface area contributed by atoms with Gasteiger partial charge < -0.3 is 14.0 Å². The number of hydrogen-bond donors (Lipinski definition) is 0. The largest absolute Gasteiger partial charge is 0.496 e. The molecule has 0 aliphatic carbocycles. The molecule has 23 heavy (non-hydrogen) atoms. The van der Waals surface area contributed by atoms with Crippen LogP contribution in [0, 0.1) is 0 Å². The molecule has 0 spiro atoms. The molecule has 0 unspecified atom stereocenters. The van der Waals surface area contributed by atoms with Gasteiger partial charge in [0.25, 0.3) is 0 Å². The summed E-state index contributed by atoms with van der Waals surface area (Å²) in [5, 5.41) is 2.15. The van der Waals surface area contributed by atoms with Gasteiger partial charge in [-0.15, -0.1) is 0 Å². The summed E-state index contributed by atoms with van der Waals surface area (Å²) in [5.74, 6) is 0.853. The topological polar surface area (TPSA) is 27.7 Å². The second kappa shape index (κ2) is 5.39. The van der Waals surface area contributed by atoms with Crippen molar-refractivity contribution in [2.45, 2.75) is 38.9 Å². The fourth-order valence-electron chi connectivity index (χ4n) is 2.84. The number of fused-ring (bicyclic) bond motifs is 1. The highest BCUT2D eigenvalue weighted by Gasteiger charge is 2.52. The summed E-state index contributed by atoms with van der Waals surface area (Å²) in [6.45, 7) is 12.4. The van der Waals surface area contributed by atoms with Crippen LogP contribution in [0.2, 0.25) is 0 Å². The van der Waals surface area contributed by atoms with Crippen LogP contribution >= 0.6 is 0 Å². The highest BCUT2D eigenvalue weighted by atomic mass is 16.7. The predicted octanol–water partition coefficient (Wildman–Crippen LogP) is 4.49. The minimum absolute atomic E-state index is 0.372. The summed E-state index contributed by atoms with van der Waals surface area (Å²) in [4.78, 5) is 0. The molecule has 1 heterocycles. The third-order valence-corrected chi connectivity index (χ3v) is 4.99. The fourth-order valence-corrected chi connectivity index (χ4v) is 2.84. The van der Waals surface area contributed by atoms with Crippen LogP contribution < -0.4 is 4.74 Å². The zero-order valence-electron chi connectivity index (χ0n) is 14.5. The van der Waals surface area contributed by atoms with E-state index < -0.39 is 7.12 Å². The lowest BCUT2D eigenvalue weighted by atomic mass is 9.74. The normalized spacial score (nSPS) is 19.1. The molecule has 0 bridgehead atoms. The standard InChI is InChI=1S/C19H23BO3/c1-13(20-22-18(2,3)19(4,5)23-20)14-11-12-17(21-6)16-10-8-7-9-15(14)16/h7-12H,1H2,2-6H3. The second-order valence-corrected chi connectivity index (χ2v) is 6.97. The zero-order valence-corrected chi connectivity index (χ0v) is 14.5. The van der Waals surface area contributed by atoms with Gasteiger partial charge in [0, 0.05) is 5.39 Å². The smallest absolute Gasteiger partial charge is 0.494 e. The first kappa shape index (κ1) is 16.1. The predicted molar refractivity (Wildman–Crippen MR) is 95.6 cm³/mol. The average Bonchev–Trinajstić information content (AvgIpc) is 2.73. The fraction of sp³-hybridized carbons (Fsp3) is 0.368. The Labute approximate surface area is 138 Å². The Morgan fingerprint density at radius 1 is 0.957 bits per heavy atom. The molecule has 1 fully saturated rings. The van der Waals surface area contributed by atoms with Gasteiger partial charge in [0.2, 0.25) is 0 Å². The van der Waals surface area contributed by atoms with E-state index in [0.29, 0.717) is 0 Å². The molecule has 4 heteroatoms. The van der Waals surface area contributed by atoms with Gasteiger partial charge in [0.05, 0.1) is 18.3 Å². The summed E-state index contributed by atoms with van der Waals surface area (Å²) >= 11 is 0. The molecule has 0 aromatic heterocycles. The van der Waals surface area contributed by atoms with Crippen molar-refractivity contribution in [2.24, 2.45) is 0 Å². The van der Waals surface area contributed by atoms with Crippen LogP contribution in [-0.2, 0) is 9.31 Å². The lowest BCUT2D eigenvalue weighted by molar-refractivity contribution is 0.00578. The van der Waals surface area contributed by atoms with Crippen LogP contribution in [0.5, 0.6) is 5.75 Å². The number of benzene rings is 2. The first-order valence-electron chi connectivity index (χ1n) is 7.87. The van der Waals surface area contributed by atoms with Crippen molar-refractivity contribution in [2.75, 3.05) is 7.11 Å². The minimum atomic E-state index is -0.447. The third kappa shape index (κ3) is 2.56. The Kier molecular flexibility index (Phi) is 3.78. The highest BCUT2D eigenvalue weighted by Crippen LogP contribution is 2.41. The van der Waals surface area contributed by atoms with Gasteiger partial charge in [-0.05, 0) is 50.2 Å². The molecule has 0 amide bonds. The molecule has 0 atom stereocenters. The van der Waals surface area contributed by atoms with E-state index in [0.717, 1.165) is 27.6 Å². The maximum Gasteiger partial charge on any atom is 0.494 e. The van der Waals surface area contributed by atoms with E-state index in [-0.39, 0.29) is 11.2 Å². The second-order valence-electron chi connectivity index (χ2n) is 6.97. The van der Waals surface area contributed by atoms with Gasteiger partial charge in [-0.2, -0.15) is 0 Å². The van der Waals surface area contributed by atoms with Crippen molar-refractivity contribution in [3.63, 3.8) is 0 Å². The summed E-state index contributed by atoms with van der Waals surface area (Å²) in [7, 11) is 1.24. The van der Waals surface area contributed by atoms with Gasteiger partial charge >= 0.3 is 7.12 Å². The molecule has 0 N–H and O–H groups in total. The molecule has 1 aliphatic rings. The molecule has 1 aliphatic heterocycles. The quantitative estimate of drug-likeness (QED) is 0.782. The Morgan fingerprint density at radius 2 is 1.52 bits per heavy atom. The maximum atomic E-state index is 6.13. The van der Waals surface area contributed by atoms with Crippen molar-refractivity contribution in [3.8, 4) is 5.75 Å². The first-order chi connectivity index (χ1) is 10.8. The molecule has 2 aromatic carbocycles. The number of rotatable bonds is 3. The van der Waals surface area contributed by atoms with Crippen molar-refractivity contribution >= 4 is 23.4 Å². The Bertz CT molecular complexity index is 748. The third-order valence-electron chi connectivity index (χ3n) is 4.99. The Balaban J connectivity index is 2.03. The lowest BCUT2D eigenvalue weighted by Crippen LogP contribution is -2.41. The average molecular weight is 310 g/mol. The van der Waals surface area contributed by atoms with E-state index in [2.05, 4.69) is 18.7 Å². The van der Waals surface area contributed by atoms with Crippen molar-refractivity contribution < 1.29 is 14.0 Å². The Hall–Kier alpha value is -1.78. The van der Waals surface area contributed by atoms with E-state index in [9.17, 15) is 0 Å². The van der Waals surface area contributed by atoms with Crippen molar-refractivity contribution in [1.29, 1.82) is 0 Å². The summed E-state index contributed by atoms with van der Waals surface area (Å²) < 4.78 is 17.7. The molecule has 2 aromatic rings. The summed E-state index contributed by atoms with van der Waals surface area (Å²) in [6, 6.07) is 12.1. The Morgan fingerprint density at radius 3 is 2.09 bits per heavy atom. The van der Waals surface area contributed by atoms with Crippen molar-refractivity contribution in [3.05, 3.63) is 48.5 Å². The van der Waals surface area contributed by atoms with Gasteiger partial charge in [-0.3, -0.25) is 0 Å². The highest BCUT2D eigenvalue weighted by molar-refractivity contribution is 6.69. The minimum Gasteiger partial charge on any atom is -0.496 e. The molecule has 0 saturated carbocycles. The van der Waals surface area contributed by atoms with Gasteiger partial charge in [0.15, 0.2) is 0 Å². The number of methoxy groups -OCH3 is 1. The monoisotopic (exact) mass is 310 g/mol. The zero-order chi connectivity index (χ0) is 16.8. The van der Waals surface area contributed by atoms with E-state index in [4.69, 9.17) is 14.0 Å². The van der Waals surface area contributed by atoms with Gasteiger partial charge in [-0.1, -0.05) is 36.9 Å². The molecule has 3 nitrogen and oxygen atoms in total. The molecule has 1 saturated heterocycles. The van der Waals surface area contributed by atoms with Gasteiger partial charge in [0.1, 0.15) is 5.75 Å². The van der Waals surface area contributed by atoms with Crippen LogP contribution in [-0.4, -0.2) is 25.4 Å². The number of hydrogen-bond acceptors (Lipinski definition) is 3. The van der Waals surface area contributed by atoms with Crippen LogP contribution in [0.15, 0.2) is 43.0 Å². The van der Waals surface area contributed by atoms with E-state index >= 15 is 0 Å². The SMILES string of the molecule is C=C(B1OC(C)(C)C(C)(C)O1)c1ccc(OC)c2ccccc12. The molecule has 120 valence electrons. The molecular weight excluding hydrogens is 287 g/mol. The van der Waals surface area contributed by atoms with E-state index in [1.165, 1.54) is 0 Å². The van der Waals surface area contributed by atoms with Gasteiger partial charge in [-0.25, -0.2) is 0 Å². The lowest BCUT2D eigenvalue weighted by Gasteiger charge is -2.32. The first-order valence-corrected chi connectivity index (χ1v) is 7.87. The molecule has 3 rings (SSSR count). The van der Waals surface area contributed by atoms with E-state index in [1.54, 1.807) is 7.11 Å².